The fourth-order valence-corrected chi connectivity index (χ4v) is 2.57. The van der Waals surface area contributed by atoms with E-state index < -0.39 is 5.82 Å². The second kappa shape index (κ2) is 5.16. The molecule has 21 heavy (non-hydrogen) atoms. The van der Waals surface area contributed by atoms with Crippen molar-refractivity contribution in [3.63, 3.8) is 0 Å². The van der Waals surface area contributed by atoms with Gasteiger partial charge in [0, 0.05) is 32.4 Å². The molecule has 2 amide bonds. The summed E-state index contributed by atoms with van der Waals surface area (Å²) in [5, 5.41) is 0. The molecule has 0 radical (unpaired) electrons. The Hall–Kier alpha value is -2.44. The number of pyridine rings is 1. The van der Waals surface area contributed by atoms with Gasteiger partial charge in [-0.2, -0.15) is 0 Å². The SMILES string of the molecule is Cc1nc2ccc(F)cn2c1C(=O)N1CCN(C=O)CC1. The van der Waals surface area contributed by atoms with Gasteiger partial charge in [0.2, 0.25) is 6.41 Å². The molecule has 1 aliphatic rings. The highest BCUT2D eigenvalue weighted by Gasteiger charge is 2.25. The van der Waals surface area contributed by atoms with Gasteiger partial charge in [0.1, 0.15) is 17.2 Å². The van der Waals surface area contributed by atoms with E-state index in [-0.39, 0.29) is 5.91 Å². The first-order valence-corrected chi connectivity index (χ1v) is 6.73. The molecular weight excluding hydrogens is 275 g/mol. The Bertz CT molecular complexity index is 704. The molecule has 0 unspecified atom stereocenters. The summed E-state index contributed by atoms with van der Waals surface area (Å²) in [6.07, 6.45) is 2.06. The highest BCUT2D eigenvalue weighted by atomic mass is 19.1. The molecule has 1 aliphatic heterocycles. The van der Waals surface area contributed by atoms with E-state index in [1.807, 2.05) is 0 Å². The van der Waals surface area contributed by atoms with Crippen LogP contribution in [0.25, 0.3) is 5.65 Å². The molecule has 3 rings (SSSR count). The first-order chi connectivity index (χ1) is 10.1. The number of nitrogens with zero attached hydrogens (tertiary/aromatic N) is 4. The third-order valence-corrected chi connectivity index (χ3v) is 3.71. The monoisotopic (exact) mass is 290 g/mol. The molecule has 0 bridgehead atoms. The Morgan fingerprint density at radius 3 is 2.67 bits per heavy atom. The number of carbonyl (C=O) groups is 2. The number of hydrogen-bond acceptors (Lipinski definition) is 3. The molecule has 0 atom stereocenters. The molecule has 0 spiro atoms. The van der Waals surface area contributed by atoms with Crippen LogP contribution in [0.3, 0.4) is 0 Å². The van der Waals surface area contributed by atoms with Crippen LogP contribution >= 0.6 is 0 Å². The maximum absolute atomic E-state index is 13.4. The standard InChI is InChI=1S/C14H15FN4O2/c1-10-13(19-8-11(15)2-3-12(19)16-10)14(21)18-6-4-17(9-20)5-7-18/h2-3,8-9H,4-7H2,1H3. The number of carbonyl (C=O) groups excluding carboxylic acids is 2. The topological polar surface area (TPSA) is 57.9 Å². The highest BCUT2D eigenvalue weighted by Crippen LogP contribution is 2.16. The summed E-state index contributed by atoms with van der Waals surface area (Å²) >= 11 is 0. The minimum Gasteiger partial charge on any atom is -0.342 e. The fourth-order valence-electron chi connectivity index (χ4n) is 2.57. The quantitative estimate of drug-likeness (QED) is 0.765. The fraction of sp³-hybridized carbons (Fsp3) is 0.357. The molecule has 3 heterocycles. The van der Waals surface area contributed by atoms with Crippen molar-refractivity contribution >= 4 is 18.0 Å². The van der Waals surface area contributed by atoms with Crippen LogP contribution in [0.1, 0.15) is 16.2 Å². The number of piperazine rings is 1. The van der Waals surface area contributed by atoms with Gasteiger partial charge >= 0.3 is 0 Å². The van der Waals surface area contributed by atoms with E-state index in [0.29, 0.717) is 43.2 Å². The minimum absolute atomic E-state index is 0.184. The van der Waals surface area contributed by atoms with Crippen LogP contribution in [-0.2, 0) is 4.79 Å². The molecule has 6 nitrogen and oxygen atoms in total. The van der Waals surface area contributed by atoms with Gasteiger partial charge in [-0.05, 0) is 19.1 Å². The summed E-state index contributed by atoms with van der Waals surface area (Å²) in [5.74, 6) is -0.601. The maximum Gasteiger partial charge on any atom is 0.272 e. The van der Waals surface area contributed by atoms with E-state index in [0.717, 1.165) is 6.41 Å². The average molecular weight is 290 g/mol. The number of aryl methyl sites for hydroxylation is 1. The van der Waals surface area contributed by atoms with Crippen LogP contribution in [0.5, 0.6) is 0 Å². The number of hydrogen-bond donors (Lipinski definition) is 0. The van der Waals surface area contributed by atoms with Crippen molar-refractivity contribution in [3.05, 3.63) is 35.5 Å². The summed E-state index contributed by atoms with van der Waals surface area (Å²) in [4.78, 5) is 30.9. The lowest BCUT2D eigenvalue weighted by atomic mass is 10.2. The summed E-state index contributed by atoms with van der Waals surface area (Å²) in [5.41, 5.74) is 1.50. The smallest absolute Gasteiger partial charge is 0.272 e. The number of imidazole rings is 1. The van der Waals surface area contributed by atoms with Crippen LogP contribution in [0, 0.1) is 12.7 Å². The molecule has 1 fully saturated rings. The van der Waals surface area contributed by atoms with Crippen molar-refractivity contribution in [2.75, 3.05) is 26.2 Å². The second-order valence-corrected chi connectivity index (χ2v) is 5.05. The Labute approximate surface area is 120 Å². The molecule has 7 heteroatoms. The Morgan fingerprint density at radius 1 is 1.29 bits per heavy atom. The summed E-state index contributed by atoms with van der Waals surface area (Å²) in [6, 6.07) is 2.86. The zero-order valence-corrected chi connectivity index (χ0v) is 11.6. The molecule has 0 aromatic carbocycles. The predicted octanol–water partition coefficient (Wildman–Crippen LogP) is 0.696. The van der Waals surface area contributed by atoms with Crippen LogP contribution in [-0.4, -0.2) is 57.7 Å². The predicted molar refractivity (Wildman–Crippen MR) is 73.4 cm³/mol. The van der Waals surface area contributed by atoms with Crippen molar-refractivity contribution in [1.29, 1.82) is 0 Å². The van der Waals surface area contributed by atoms with Crippen LogP contribution in [0.2, 0.25) is 0 Å². The number of amides is 2. The molecule has 110 valence electrons. The van der Waals surface area contributed by atoms with Gasteiger partial charge in [0.15, 0.2) is 0 Å². The van der Waals surface area contributed by atoms with Crippen LogP contribution in [0.4, 0.5) is 4.39 Å². The van der Waals surface area contributed by atoms with Gasteiger partial charge in [-0.15, -0.1) is 0 Å². The first-order valence-electron chi connectivity index (χ1n) is 6.73. The van der Waals surface area contributed by atoms with Crippen LogP contribution in [0.15, 0.2) is 18.3 Å². The van der Waals surface area contributed by atoms with Gasteiger partial charge in [-0.3, -0.25) is 14.0 Å². The first kappa shape index (κ1) is 13.5. The van der Waals surface area contributed by atoms with Gasteiger partial charge < -0.3 is 9.80 Å². The Morgan fingerprint density at radius 2 is 2.00 bits per heavy atom. The molecule has 0 saturated carbocycles. The lowest BCUT2D eigenvalue weighted by molar-refractivity contribution is -0.119. The van der Waals surface area contributed by atoms with E-state index >= 15 is 0 Å². The van der Waals surface area contributed by atoms with Crippen molar-refractivity contribution in [2.45, 2.75) is 6.92 Å². The summed E-state index contributed by atoms with van der Waals surface area (Å²) < 4.78 is 14.9. The Kier molecular flexibility index (Phi) is 3.32. The Balaban J connectivity index is 1.93. The lowest BCUT2D eigenvalue weighted by Gasteiger charge is -2.32. The molecule has 1 saturated heterocycles. The van der Waals surface area contributed by atoms with E-state index in [4.69, 9.17) is 0 Å². The zero-order valence-electron chi connectivity index (χ0n) is 11.6. The number of fused-ring (bicyclic) bond motifs is 1. The normalized spacial score (nSPS) is 15.5. The summed E-state index contributed by atoms with van der Waals surface area (Å²) in [6.45, 7) is 3.71. The van der Waals surface area contributed by atoms with E-state index in [1.54, 1.807) is 22.8 Å². The van der Waals surface area contributed by atoms with Gasteiger partial charge in [0.25, 0.3) is 5.91 Å². The van der Waals surface area contributed by atoms with Crippen molar-refractivity contribution < 1.29 is 14.0 Å². The minimum atomic E-state index is -0.417. The lowest BCUT2D eigenvalue weighted by Crippen LogP contribution is -2.48. The number of halogens is 1. The van der Waals surface area contributed by atoms with Crippen molar-refractivity contribution in [3.8, 4) is 0 Å². The molecule has 2 aromatic heterocycles. The third kappa shape index (κ3) is 2.35. The van der Waals surface area contributed by atoms with Crippen LogP contribution < -0.4 is 0 Å². The van der Waals surface area contributed by atoms with Crippen molar-refractivity contribution in [1.82, 2.24) is 19.2 Å². The number of rotatable bonds is 2. The zero-order chi connectivity index (χ0) is 15.0. The van der Waals surface area contributed by atoms with Gasteiger partial charge in [-0.1, -0.05) is 0 Å². The summed E-state index contributed by atoms with van der Waals surface area (Å²) in [7, 11) is 0. The van der Waals surface area contributed by atoms with Gasteiger partial charge in [0.05, 0.1) is 5.69 Å². The molecule has 0 N–H and O–H groups in total. The highest BCUT2D eigenvalue weighted by molar-refractivity contribution is 5.94. The van der Waals surface area contributed by atoms with E-state index in [9.17, 15) is 14.0 Å². The molecular formula is C14H15FN4O2. The van der Waals surface area contributed by atoms with E-state index in [1.165, 1.54) is 16.7 Å². The molecule has 0 aliphatic carbocycles. The second-order valence-electron chi connectivity index (χ2n) is 5.05. The third-order valence-electron chi connectivity index (χ3n) is 3.71. The average Bonchev–Trinajstić information content (AvgIpc) is 2.82. The maximum atomic E-state index is 13.4. The number of aromatic nitrogens is 2. The largest absolute Gasteiger partial charge is 0.342 e. The van der Waals surface area contributed by atoms with E-state index in [2.05, 4.69) is 4.98 Å². The van der Waals surface area contributed by atoms with Gasteiger partial charge in [-0.25, -0.2) is 9.37 Å². The van der Waals surface area contributed by atoms with Crippen molar-refractivity contribution in [2.24, 2.45) is 0 Å². The molecule has 2 aromatic rings.